The number of esters is 2. The summed E-state index contributed by atoms with van der Waals surface area (Å²) in [4.78, 5) is 31.9. The van der Waals surface area contributed by atoms with Gasteiger partial charge in [-0.25, -0.2) is 9.59 Å². The first-order chi connectivity index (χ1) is 4.93. The lowest BCUT2D eigenvalue weighted by Gasteiger charge is -2.26. The fourth-order valence-corrected chi connectivity index (χ4v) is 0.644. The predicted molar refractivity (Wildman–Crippen MR) is 33.3 cm³/mol. The minimum absolute atomic E-state index is 0.734. The van der Waals surface area contributed by atoms with Crippen molar-refractivity contribution >= 4 is 17.8 Å². The maximum atomic E-state index is 10.8. The van der Waals surface area contributed by atoms with Gasteiger partial charge in [0.05, 0.1) is 0 Å². The number of carbonyl (C=O) groups is 3. The topological polar surface area (TPSA) is 72.5 Å². The number of ether oxygens (including phenoxy) is 1. The summed E-state index contributed by atoms with van der Waals surface area (Å²) < 4.78 is 4.12. The van der Waals surface area contributed by atoms with Crippen LogP contribution in [0.5, 0.6) is 0 Å². The Kier molecular flexibility index (Phi) is 1.44. The van der Waals surface area contributed by atoms with Gasteiger partial charge in [0, 0.05) is 0 Å². The lowest BCUT2D eigenvalue weighted by Crippen LogP contribution is -2.58. The molecule has 1 aliphatic rings. The molecule has 0 spiro atoms. The van der Waals surface area contributed by atoms with Gasteiger partial charge < -0.3 is 10.1 Å². The van der Waals surface area contributed by atoms with Crippen LogP contribution >= 0.6 is 0 Å². The second-order valence-electron chi connectivity index (χ2n) is 2.76. The smallest absolute Gasteiger partial charge is 0.384 e. The molecule has 0 saturated carbocycles. The van der Waals surface area contributed by atoms with Gasteiger partial charge in [0.1, 0.15) is 5.54 Å². The molecule has 0 aromatic carbocycles. The van der Waals surface area contributed by atoms with Crippen LogP contribution in [-0.2, 0) is 19.1 Å². The summed E-state index contributed by atoms with van der Waals surface area (Å²) in [6.07, 6.45) is 0. The van der Waals surface area contributed by atoms with Gasteiger partial charge in [0.15, 0.2) is 0 Å². The van der Waals surface area contributed by atoms with Crippen LogP contribution in [0.3, 0.4) is 0 Å². The molecule has 11 heavy (non-hydrogen) atoms. The van der Waals surface area contributed by atoms with Crippen LogP contribution in [-0.4, -0.2) is 23.4 Å². The molecule has 0 aromatic rings. The van der Waals surface area contributed by atoms with Crippen molar-refractivity contribution < 1.29 is 19.1 Å². The van der Waals surface area contributed by atoms with Crippen LogP contribution < -0.4 is 5.32 Å². The van der Waals surface area contributed by atoms with Gasteiger partial charge in [0.2, 0.25) is 0 Å². The van der Waals surface area contributed by atoms with E-state index in [1.165, 1.54) is 13.8 Å². The Morgan fingerprint density at radius 1 is 1.27 bits per heavy atom. The Hall–Kier alpha value is -1.39. The predicted octanol–water partition coefficient (Wildman–Crippen LogP) is -1.04. The number of carbonyl (C=O) groups excluding carboxylic acids is 3. The van der Waals surface area contributed by atoms with Crippen LogP contribution in [0, 0.1) is 0 Å². The minimum atomic E-state index is -1.14. The highest BCUT2D eigenvalue weighted by Crippen LogP contribution is 2.09. The number of hydrogen-bond donors (Lipinski definition) is 1. The van der Waals surface area contributed by atoms with Gasteiger partial charge in [-0.15, -0.1) is 0 Å². The van der Waals surface area contributed by atoms with Crippen LogP contribution in [0.2, 0.25) is 0 Å². The first-order valence-electron chi connectivity index (χ1n) is 3.02. The molecule has 0 radical (unpaired) electrons. The van der Waals surface area contributed by atoms with Crippen molar-refractivity contribution in [2.45, 2.75) is 19.4 Å². The third kappa shape index (κ3) is 1.21. The van der Waals surface area contributed by atoms with E-state index >= 15 is 0 Å². The highest BCUT2D eigenvalue weighted by Gasteiger charge is 2.40. The molecule has 1 N–H and O–H groups in total. The van der Waals surface area contributed by atoms with E-state index in [2.05, 4.69) is 10.1 Å². The van der Waals surface area contributed by atoms with E-state index in [-0.39, 0.29) is 0 Å². The zero-order chi connectivity index (χ0) is 8.65. The molecular weight excluding hydrogens is 150 g/mol. The van der Waals surface area contributed by atoms with Crippen molar-refractivity contribution in [1.29, 1.82) is 0 Å². The van der Waals surface area contributed by atoms with E-state index in [0.717, 1.165) is 0 Å². The van der Waals surface area contributed by atoms with Gasteiger partial charge in [-0.05, 0) is 13.8 Å². The fraction of sp³-hybridized carbons (Fsp3) is 0.500. The molecule has 1 fully saturated rings. The average molecular weight is 157 g/mol. The summed E-state index contributed by atoms with van der Waals surface area (Å²) in [6.45, 7) is 2.92. The van der Waals surface area contributed by atoms with Gasteiger partial charge in [0.25, 0.3) is 0 Å². The Bertz CT molecular complexity index is 243. The largest absolute Gasteiger partial charge is 0.404 e. The summed E-state index contributed by atoms with van der Waals surface area (Å²) in [6, 6.07) is 0. The SMILES string of the molecule is CC1(C)NC(=O)C(=O)OC1=O. The number of nitrogens with one attached hydrogen (secondary N) is 1. The Balaban J connectivity index is 2.87. The zero-order valence-corrected chi connectivity index (χ0v) is 6.13. The van der Waals surface area contributed by atoms with E-state index < -0.39 is 23.4 Å². The Morgan fingerprint density at radius 2 is 1.82 bits per heavy atom. The molecule has 0 bridgehead atoms. The molecule has 1 amide bonds. The van der Waals surface area contributed by atoms with Crippen LogP contribution in [0.25, 0.3) is 0 Å². The monoisotopic (exact) mass is 157 g/mol. The third-order valence-corrected chi connectivity index (χ3v) is 1.31. The lowest BCUT2D eigenvalue weighted by molar-refractivity contribution is -0.174. The zero-order valence-electron chi connectivity index (χ0n) is 6.13. The minimum Gasteiger partial charge on any atom is -0.384 e. The molecule has 5 nitrogen and oxygen atoms in total. The van der Waals surface area contributed by atoms with Crippen molar-refractivity contribution in [2.24, 2.45) is 0 Å². The molecule has 1 rings (SSSR count). The first kappa shape index (κ1) is 7.71. The van der Waals surface area contributed by atoms with E-state index in [0.29, 0.717) is 0 Å². The number of cyclic esters (lactones) is 2. The first-order valence-corrected chi connectivity index (χ1v) is 3.02. The third-order valence-electron chi connectivity index (χ3n) is 1.31. The molecule has 0 atom stereocenters. The number of amides is 1. The molecule has 60 valence electrons. The molecule has 1 saturated heterocycles. The van der Waals surface area contributed by atoms with Crippen molar-refractivity contribution in [3.63, 3.8) is 0 Å². The average Bonchev–Trinajstić information content (AvgIpc) is 1.83. The summed E-state index contributed by atoms with van der Waals surface area (Å²) in [7, 11) is 0. The Morgan fingerprint density at radius 3 is 2.27 bits per heavy atom. The van der Waals surface area contributed by atoms with Gasteiger partial charge in [-0.1, -0.05) is 0 Å². The standard InChI is InChI=1S/C6H7NO4/c1-6(2)5(10)11-4(9)3(8)7-6/h1-2H3,(H,7,8). The molecule has 1 heterocycles. The molecule has 0 aromatic heterocycles. The molecule has 5 heteroatoms. The Labute approximate surface area is 62.7 Å². The molecule has 0 aliphatic carbocycles. The fourth-order valence-electron chi connectivity index (χ4n) is 0.644. The quantitative estimate of drug-likeness (QED) is 0.277. The number of hydrogen-bond acceptors (Lipinski definition) is 4. The van der Waals surface area contributed by atoms with Gasteiger partial charge >= 0.3 is 17.8 Å². The maximum absolute atomic E-state index is 10.8. The second kappa shape index (κ2) is 2.05. The summed E-state index contributed by atoms with van der Waals surface area (Å²) in [5.74, 6) is -2.76. The van der Waals surface area contributed by atoms with E-state index in [4.69, 9.17) is 0 Å². The van der Waals surface area contributed by atoms with Crippen molar-refractivity contribution in [3.8, 4) is 0 Å². The normalized spacial score (nSPS) is 22.5. The van der Waals surface area contributed by atoms with Crippen LogP contribution in [0.4, 0.5) is 0 Å². The summed E-state index contributed by atoms with van der Waals surface area (Å²) >= 11 is 0. The highest BCUT2D eigenvalue weighted by molar-refractivity contribution is 6.36. The van der Waals surface area contributed by atoms with E-state index in [9.17, 15) is 14.4 Å². The molecule has 1 aliphatic heterocycles. The lowest BCUT2D eigenvalue weighted by atomic mass is 10.1. The van der Waals surface area contributed by atoms with Crippen LogP contribution in [0.15, 0.2) is 0 Å². The van der Waals surface area contributed by atoms with Crippen LogP contribution in [0.1, 0.15) is 13.8 Å². The van der Waals surface area contributed by atoms with Gasteiger partial charge in [-0.2, -0.15) is 0 Å². The van der Waals surface area contributed by atoms with Crippen molar-refractivity contribution in [2.75, 3.05) is 0 Å². The number of rotatable bonds is 0. The second-order valence-corrected chi connectivity index (χ2v) is 2.76. The van der Waals surface area contributed by atoms with E-state index in [1.54, 1.807) is 0 Å². The van der Waals surface area contributed by atoms with Crippen molar-refractivity contribution in [1.82, 2.24) is 5.32 Å². The molecular formula is C6H7NO4. The summed E-state index contributed by atoms with van der Waals surface area (Å²) in [5.41, 5.74) is -1.09. The molecule has 0 unspecified atom stereocenters. The maximum Gasteiger partial charge on any atom is 0.404 e. The summed E-state index contributed by atoms with van der Waals surface area (Å²) in [5, 5.41) is 2.19. The van der Waals surface area contributed by atoms with Gasteiger partial charge in [-0.3, -0.25) is 4.79 Å². The van der Waals surface area contributed by atoms with E-state index in [1.807, 2.05) is 0 Å². The van der Waals surface area contributed by atoms with Crippen molar-refractivity contribution in [3.05, 3.63) is 0 Å². The number of morpholine rings is 1. The highest BCUT2D eigenvalue weighted by atomic mass is 16.6.